The number of urea groups is 1. The van der Waals surface area contributed by atoms with Crippen LogP contribution in [0.5, 0.6) is 0 Å². The van der Waals surface area contributed by atoms with Crippen molar-refractivity contribution in [2.24, 2.45) is 0 Å². The van der Waals surface area contributed by atoms with Gasteiger partial charge in [-0.25, -0.2) is 9.78 Å². The summed E-state index contributed by atoms with van der Waals surface area (Å²) in [6, 6.07) is 1.32. The maximum absolute atomic E-state index is 13.2. The number of amides is 4. The normalized spacial score (nSPS) is 19.0. The Morgan fingerprint density at radius 3 is 2.59 bits per heavy atom. The molecule has 4 rings (SSSR count). The molecule has 0 bridgehead atoms. The van der Waals surface area contributed by atoms with Crippen LogP contribution < -0.4 is 10.6 Å². The number of aryl methyl sites for hydroxylation is 1. The van der Waals surface area contributed by atoms with E-state index in [1.165, 1.54) is 0 Å². The molecule has 2 saturated heterocycles. The minimum Gasteiger partial charge on any atom is -0.338 e. The summed E-state index contributed by atoms with van der Waals surface area (Å²) in [7, 11) is 0. The maximum Gasteiger partial charge on any atom is 0.322 e. The Labute approximate surface area is 155 Å². The van der Waals surface area contributed by atoms with Gasteiger partial charge in [0.2, 0.25) is 0 Å². The highest BCUT2D eigenvalue weighted by molar-refractivity contribution is 6.08. The number of imide groups is 1. The van der Waals surface area contributed by atoms with Crippen molar-refractivity contribution in [3.8, 4) is 0 Å². The molecule has 0 saturated carbocycles. The van der Waals surface area contributed by atoms with Gasteiger partial charge in [0.1, 0.15) is 5.54 Å². The first-order valence-corrected chi connectivity index (χ1v) is 9.00. The van der Waals surface area contributed by atoms with Gasteiger partial charge in [-0.2, -0.15) is 0 Å². The van der Waals surface area contributed by atoms with Crippen molar-refractivity contribution in [1.29, 1.82) is 0 Å². The zero-order chi connectivity index (χ0) is 19.3. The lowest BCUT2D eigenvalue weighted by atomic mass is 9.87. The van der Waals surface area contributed by atoms with Gasteiger partial charge in [0.25, 0.3) is 17.5 Å². The molecule has 0 aliphatic carbocycles. The first kappa shape index (κ1) is 17.4. The Balaban J connectivity index is 1.63. The van der Waals surface area contributed by atoms with Crippen molar-refractivity contribution in [2.45, 2.75) is 45.1 Å². The number of hydrogen-bond acceptors (Lipinski definition) is 6. The molecule has 0 atom stereocenters. The third kappa shape index (κ3) is 2.73. The van der Waals surface area contributed by atoms with Gasteiger partial charge < -0.3 is 14.7 Å². The highest BCUT2D eigenvalue weighted by Crippen LogP contribution is 2.30. The van der Waals surface area contributed by atoms with E-state index in [9.17, 15) is 14.4 Å². The van der Waals surface area contributed by atoms with Crippen LogP contribution >= 0.6 is 0 Å². The first-order chi connectivity index (χ1) is 12.8. The molecule has 142 valence electrons. The van der Waals surface area contributed by atoms with E-state index in [1.807, 2.05) is 13.8 Å². The van der Waals surface area contributed by atoms with E-state index in [1.54, 1.807) is 17.9 Å². The van der Waals surface area contributed by atoms with E-state index in [0.717, 1.165) is 5.69 Å². The number of pyridine rings is 1. The molecule has 0 aromatic carbocycles. The lowest BCUT2D eigenvalue weighted by Crippen LogP contribution is -2.55. The predicted molar refractivity (Wildman–Crippen MR) is 95.2 cm³/mol. The fraction of sp³-hybridized carbons (Fsp3) is 0.500. The molecule has 2 N–H and O–H groups in total. The molecule has 2 aromatic heterocycles. The molecule has 2 aliphatic rings. The van der Waals surface area contributed by atoms with Crippen molar-refractivity contribution >= 4 is 28.9 Å². The molecule has 2 fully saturated rings. The lowest BCUT2D eigenvalue weighted by Gasteiger charge is -2.37. The minimum atomic E-state index is -0.905. The molecule has 2 aromatic rings. The average molecular weight is 371 g/mol. The van der Waals surface area contributed by atoms with E-state index < -0.39 is 11.6 Å². The number of piperidine rings is 1. The molecular weight excluding hydrogens is 350 g/mol. The Morgan fingerprint density at radius 1 is 1.30 bits per heavy atom. The summed E-state index contributed by atoms with van der Waals surface area (Å²) in [6.45, 7) is 6.52. The van der Waals surface area contributed by atoms with Crippen molar-refractivity contribution < 1.29 is 18.9 Å². The second-order valence-corrected chi connectivity index (χ2v) is 7.48. The lowest BCUT2D eigenvalue weighted by molar-refractivity contribution is -0.125. The summed E-state index contributed by atoms with van der Waals surface area (Å²) in [5, 5.41) is 9.56. The van der Waals surface area contributed by atoms with Gasteiger partial charge in [-0.15, -0.1) is 0 Å². The molecule has 0 radical (unpaired) electrons. The molecule has 4 amide bonds. The quantitative estimate of drug-likeness (QED) is 0.772. The highest BCUT2D eigenvalue weighted by atomic mass is 16.5. The number of carbonyl (C=O) groups excluding carboxylic acids is 3. The third-order valence-corrected chi connectivity index (χ3v) is 5.38. The molecule has 0 unspecified atom stereocenters. The summed E-state index contributed by atoms with van der Waals surface area (Å²) in [5.41, 5.74) is 1.35. The third-order valence-electron chi connectivity index (χ3n) is 5.38. The Morgan fingerprint density at radius 2 is 2.00 bits per heavy atom. The molecular formula is C18H21N5O4. The van der Waals surface area contributed by atoms with E-state index in [-0.39, 0.29) is 17.7 Å². The Kier molecular flexibility index (Phi) is 3.90. The summed E-state index contributed by atoms with van der Waals surface area (Å²) < 4.78 is 5.29. The zero-order valence-electron chi connectivity index (χ0n) is 15.5. The largest absolute Gasteiger partial charge is 0.338 e. The molecule has 9 nitrogen and oxygen atoms in total. The second kappa shape index (κ2) is 6.04. The summed E-state index contributed by atoms with van der Waals surface area (Å²) in [5.74, 6) is -0.327. The molecule has 1 spiro atoms. The SMILES string of the molecule is Cc1noc2nc(C(C)C)cc(C(=O)N3CCC4(CC3)NC(=O)NC4=O)c12. The number of carbonyl (C=O) groups is 3. The zero-order valence-corrected chi connectivity index (χ0v) is 15.5. The van der Waals surface area contributed by atoms with Gasteiger partial charge in [-0.1, -0.05) is 19.0 Å². The maximum atomic E-state index is 13.2. The van der Waals surface area contributed by atoms with Crippen LogP contribution in [-0.4, -0.2) is 51.5 Å². The van der Waals surface area contributed by atoms with Crippen LogP contribution in [0.15, 0.2) is 10.6 Å². The van der Waals surface area contributed by atoms with Crippen LogP contribution in [0, 0.1) is 6.92 Å². The van der Waals surface area contributed by atoms with Gasteiger partial charge in [0.05, 0.1) is 16.6 Å². The van der Waals surface area contributed by atoms with Gasteiger partial charge in [0.15, 0.2) is 0 Å². The standard InChI is InChI=1S/C18H21N5O4/c1-9(2)12-8-11(13-10(3)22-27-14(13)19-12)15(24)23-6-4-18(5-7-23)16(25)20-17(26)21-18/h8-9H,4-7H2,1-3H3,(H2,20,21,25,26). The number of nitrogens with zero attached hydrogens (tertiary/aromatic N) is 3. The van der Waals surface area contributed by atoms with Crippen molar-refractivity contribution in [2.75, 3.05) is 13.1 Å². The van der Waals surface area contributed by atoms with Crippen LogP contribution in [0.3, 0.4) is 0 Å². The Bertz CT molecular complexity index is 956. The monoisotopic (exact) mass is 371 g/mol. The van der Waals surface area contributed by atoms with Crippen LogP contribution in [0.25, 0.3) is 11.1 Å². The number of fused-ring (bicyclic) bond motifs is 1. The fourth-order valence-corrected chi connectivity index (χ4v) is 3.72. The number of likely N-dealkylation sites (tertiary alicyclic amines) is 1. The van der Waals surface area contributed by atoms with Gasteiger partial charge >= 0.3 is 6.03 Å². The number of aromatic nitrogens is 2. The van der Waals surface area contributed by atoms with E-state index in [4.69, 9.17) is 4.52 Å². The van der Waals surface area contributed by atoms with Crippen LogP contribution in [0.2, 0.25) is 0 Å². The molecule has 27 heavy (non-hydrogen) atoms. The average Bonchev–Trinajstić information content (AvgIpc) is 3.14. The van der Waals surface area contributed by atoms with Crippen LogP contribution in [0.1, 0.15) is 54.4 Å². The van der Waals surface area contributed by atoms with Gasteiger partial charge in [-0.3, -0.25) is 14.9 Å². The van der Waals surface area contributed by atoms with E-state index in [2.05, 4.69) is 20.8 Å². The molecule has 2 aliphatic heterocycles. The molecule has 9 heteroatoms. The number of rotatable bonds is 2. The summed E-state index contributed by atoms with van der Waals surface area (Å²) in [4.78, 5) is 42.9. The van der Waals surface area contributed by atoms with Crippen molar-refractivity contribution in [3.63, 3.8) is 0 Å². The van der Waals surface area contributed by atoms with Crippen LogP contribution in [-0.2, 0) is 4.79 Å². The number of hydrogen-bond donors (Lipinski definition) is 2. The van der Waals surface area contributed by atoms with Gasteiger partial charge in [0, 0.05) is 18.8 Å². The topological polar surface area (TPSA) is 117 Å². The first-order valence-electron chi connectivity index (χ1n) is 9.00. The van der Waals surface area contributed by atoms with Crippen molar-refractivity contribution in [1.82, 2.24) is 25.7 Å². The molecule has 4 heterocycles. The second-order valence-electron chi connectivity index (χ2n) is 7.48. The summed E-state index contributed by atoms with van der Waals surface area (Å²) in [6.07, 6.45) is 0.758. The number of nitrogens with one attached hydrogen (secondary N) is 2. The predicted octanol–water partition coefficient (Wildman–Crippen LogP) is 1.47. The van der Waals surface area contributed by atoms with Gasteiger partial charge in [-0.05, 0) is 31.7 Å². The summed E-state index contributed by atoms with van der Waals surface area (Å²) >= 11 is 0. The smallest absolute Gasteiger partial charge is 0.322 e. The van der Waals surface area contributed by atoms with E-state index in [0.29, 0.717) is 48.3 Å². The highest BCUT2D eigenvalue weighted by Gasteiger charge is 2.48. The van der Waals surface area contributed by atoms with Crippen molar-refractivity contribution in [3.05, 3.63) is 23.0 Å². The Hall–Kier alpha value is -2.97. The van der Waals surface area contributed by atoms with E-state index >= 15 is 0 Å². The van der Waals surface area contributed by atoms with Crippen LogP contribution in [0.4, 0.5) is 4.79 Å². The minimum absolute atomic E-state index is 0.133. The fourth-order valence-electron chi connectivity index (χ4n) is 3.72.